The number of nitro benzene ring substituents is 1. The zero-order valence-electron chi connectivity index (χ0n) is 26.2. The van der Waals surface area contributed by atoms with Crippen molar-refractivity contribution in [3.63, 3.8) is 0 Å². The summed E-state index contributed by atoms with van der Waals surface area (Å²) < 4.78 is 3.23. The van der Waals surface area contributed by atoms with Gasteiger partial charge in [-0.15, -0.1) is 0 Å². The van der Waals surface area contributed by atoms with Crippen molar-refractivity contribution in [2.45, 2.75) is 71.6 Å². The molecule has 2 aliphatic heterocycles. The number of fused-ring (bicyclic) bond motifs is 2. The summed E-state index contributed by atoms with van der Waals surface area (Å²) in [7, 11) is 1.53. The van der Waals surface area contributed by atoms with E-state index in [1.165, 1.54) is 12.8 Å². The fourth-order valence-corrected chi connectivity index (χ4v) is 7.20. The molecule has 3 aliphatic rings. The van der Waals surface area contributed by atoms with E-state index in [1.54, 1.807) is 12.1 Å². The number of hydrogen-bond acceptors (Lipinski definition) is 4. The van der Waals surface area contributed by atoms with E-state index in [4.69, 9.17) is 11.6 Å². The molecule has 0 atom stereocenters. The average molecular weight is 601 g/mol. The van der Waals surface area contributed by atoms with Gasteiger partial charge >= 0.3 is 0 Å². The number of rotatable bonds is 7. The van der Waals surface area contributed by atoms with E-state index >= 15 is 0 Å². The smallest absolute Gasteiger partial charge is 0.269 e. The number of non-ortho nitro benzene ring substituents is 1. The fraction of sp³-hybridized carbons (Fsp3) is 0.400. The first-order chi connectivity index (χ1) is 20.3. The summed E-state index contributed by atoms with van der Waals surface area (Å²) in [4.78, 5) is 25.4. The Morgan fingerprint density at radius 2 is 1.65 bits per heavy atom. The van der Waals surface area contributed by atoms with Crippen LogP contribution in [0.5, 0.6) is 0 Å². The van der Waals surface area contributed by atoms with Crippen LogP contribution in [-0.2, 0) is 10.8 Å². The van der Waals surface area contributed by atoms with Crippen LogP contribution in [0.4, 0.5) is 22.7 Å². The largest absolute Gasteiger partial charge is 0.344 e. The van der Waals surface area contributed by atoms with Gasteiger partial charge in [0, 0.05) is 80.0 Å². The lowest BCUT2D eigenvalue weighted by molar-refractivity contribution is -0.434. The maximum absolute atomic E-state index is 12.0. The van der Waals surface area contributed by atoms with Gasteiger partial charge in [0.1, 0.15) is 6.54 Å². The molecule has 7 nitrogen and oxygen atoms in total. The third kappa shape index (κ3) is 5.18. The van der Waals surface area contributed by atoms with Crippen LogP contribution in [0.2, 0.25) is 0 Å². The molecule has 0 radical (unpaired) electrons. The van der Waals surface area contributed by atoms with Crippen molar-refractivity contribution in [2.24, 2.45) is 0 Å². The van der Waals surface area contributed by atoms with Crippen LogP contribution < -0.4 is 4.90 Å². The Labute approximate surface area is 259 Å². The molecule has 0 amide bonds. The lowest BCUT2D eigenvalue weighted by atomic mass is 9.81. The monoisotopic (exact) mass is 600 g/mol. The Morgan fingerprint density at radius 3 is 2.30 bits per heavy atom. The minimum absolute atomic E-state index is 0.114. The van der Waals surface area contributed by atoms with Crippen LogP contribution in [-0.4, -0.2) is 40.1 Å². The van der Waals surface area contributed by atoms with Gasteiger partial charge in [-0.2, -0.15) is 4.58 Å². The molecule has 8 heteroatoms. The van der Waals surface area contributed by atoms with Crippen molar-refractivity contribution >= 4 is 40.1 Å². The highest BCUT2D eigenvalue weighted by Crippen LogP contribution is 2.49. The molecule has 0 bridgehead atoms. The van der Waals surface area contributed by atoms with Crippen LogP contribution in [0.25, 0.3) is 0 Å². The van der Waals surface area contributed by atoms with Crippen molar-refractivity contribution in [3.8, 4) is 0 Å². The second kappa shape index (κ2) is 11.3. The second-order valence-electron chi connectivity index (χ2n) is 12.6. The van der Waals surface area contributed by atoms with Crippen LogP contribution in [0.3, 0.4) is 0 Å². The number of likely N-dealkylation sites (N-methyl/N-ethyl adjacent to an activating group) is 1. The first-order valence-corrected chi connectivity index (χ1v) is 15.5. The molecule has 2 aromatic carbocycles. The number of nitrogens with zero attached hydrogens (tertiary/aromatic N) is 4. The Bertz CT molecular complexity index is 1690. The predicted molar refractivity (Wildman–Crippen MR) is 175 cm³/mol. The van der Waals surface area contributed by atoms with E-state index < -0.39 is 0 Å². The van der Waals surface area contributed by atoms with Crippen molar-refractivity contribution in [1.82, 2.24) is 0 Å². The van der Waals surface area contributed by atoms with Gasteiger partial charge in [-0.25, -0.2) is 0 Å². The second-order valence-corrected chi connectivity index (χ2v) is 12.9. The highest BCUT2D eigenvalue weighted by atomic mass is 35.5. The van der Waals surface area contributed by atoms with Gasteiger partial charge in [0.05, 0.1) is 10.3 Å². The molecule has 1 aliphatic carbocycles. The molecule has 0 spiro atoms. The number of nitroso groups, excluding NO2 is 1. The third-order valence-electron chi connectivity index (χ3n) is 9.30. The zero-order chi connectivity index (χ0) is 31.3. The van der Waals surface area contributed by atoms with Crippen molar-refractivity contribution < 1.29 is 14.3 Å². The van der Waals surface area contributed by atoms with E-state index in [9.17, 15) is 15.0 Å². The molecule has 2 heterocycles. The number of allylic oxidation sites excluding steroid dienone is 8. The number of benzene rings is 2. The Morgan fingerprint density at radius 1 is 0.953 bits per heavy atom. The summed E-state index contributed by atoms with van der Waals surface area (Å²) in [6.45, 7) is 14.5. The molecule has 0 unspecified atom stereocenters. The molecule has 5 rings (SSSR count). The minimum atomic E-state index is -0.383. The molecule has 0 saturated heterocycles. The topological polar surface area (TPSA) is 69.5 Å². The Kier molecular flexibility index (Phi) is 8.07. The van der Waals surface area contributed by atoms with Gasteiger partial charge in [-0.1, -0.05) is 37.6 Å². The average Bonchev–Trinajstić information content (AvgIpc) is 3.32. The first kappa shape index (κ1) is 30.6. The van der Waals surface area contributed by atoms with E-state index in [2.05, 4.69) is 75.3 Å². The number of halogens is 1. The molecular formula is C35H41ClN4O3+2. The molecular weight excluding hydrogens is 560 g/mol. The van der Waals surface area contributed by atoms with E-state index in [-0.39, 0.29) is 21.4 Å². The van der Waals surface area contributed by atoms with Gasteiger partial charge in [0.15, 0.2) is 12.8 Å². The molecule has 0 N–H and O–H groups in total. The van der Waals surface area contributed by atoms with E-state index in [0.29, 0.717) is 5.69 Å². The summed E-state index contributed by atoms with van der Waals surface area (Å²) in [5.41, 5.74) is 8.90. The summed E-state index contributed by atoms with van der Waals surface area (Å²) in [5.74, 6) is 0. The van der Waals surface area contributed by atoms with Gasteiger partial charge in [-0.05, 0) is 75.8 Å². The zero-order valence-corrected chi connectivity index (χ0v) is 27.0. The minimum Gasteiger partial charge on any atom is -0.344 e. The normalized spacial score (nSPS) is 20.9. The van der Waals surface area contributed by atoms with Gasteiger partial charge in [0.25, 0.3) is 11.4 Å². The van der Waals surface area contributed by atoms with Gasteiger partial charge in [0.2, 0.25) is 5.69 Å². The van der Waals surface area contributed by atoms with Crippen molar-refractivity contribution in [3.05, 3.63) is 109 Å². The number of hydrogen-bond donors (Lipinski definition) is 0. The predicted octanol–water partition coefficient (Wildman–Crippen LogP) is 8.89. The van der Waals surface area contributed by atoms with Crippen molar-refractivity contribution in [1.29, 1.82) is 0 Å². The van der Waals surface area contributed by atoms with Crippen LogP contribution >= 0.6 is 11.6 Å². The highest BCUT2D eigenvalue weighted by molar-refractivity contribution is 6.32. The lowest BCUT2D eigenvalue weighted by Gasteiger charge is -2.26. The molecule has 0 saturated carbocycles. The highest BCUT2D eigenvalue weighted by Gasteiger charge is 2.45. The molecule has 224 valence electrons. The number of nitro groups is 1. The van der Waals surface area contributed by atoms with Crippen molar-refractivity contribution in [2.75, 3.05) is 25.0 Å². The standard InChI is InChI=1S/C35H41ClN4O3/c1-8-38-29-17-15-25(37(7)41)21-27(29)34(3,4)31(38)19-13-23-11-10-12-24(33(23)36)14-20-32-35(5,6)28-22-26(40(42)43)16-18-30(28)39(32)9-2/h13-22H,8-12H2,1-7H3/q+2. The molecule has 0 fully saturated rings. The maximum Gasteiger partial charge on any atom is 0.269 e. The Hall–Kier alpha value is -3.84. The summed E-state index contributed by atoms with van der Waals surface area (Å²) in [6.07, 6.45) is 11.5. The van der Waals surface area contributed by atoms with Crippen LogP contribution in [0.1, 0.15) is 71.9 Å². The first-order valence-electron chi connectivity index (χ1n) is 15.1. The van der Waals surface area contributed by atoms with Gasteiger partial charge in [-0.3, -0.25) is 10.1 Å². The third-order valence-corrected chi connectivity index (χ3v) is 9.78. The summed E-state index contributed by atoms with van der Waals surface area (Å²) >= 11 is 7.07. The molecule has 0 aromatic heterocycles. The SMILES string of the molecule is CCN1/C(=C\C=C2/CCCC(/C=C/C3=[N+](CC)c4ccc([N+](C)=O)cc4C3(C)C)=C2Cl)C(C)(C)c2cc([N+](=O)[O-])ccc21. The summed E-state index contributed by atoms with van der Waals surface area (Å²) in [6, 6.07) is 11.1. The van der Waals surface area contributed by atoms with Crippen LogP contribution in [0, 0.1) is 15.0 Å². The molecule has 2 aromatic rings. The number of anilines is 1. The van der Waals surface area contributed by atoms with E-state index in [1.807, 2.05) is 24.3 Å². The Balaban J connectivity index is 1.48. The lowest BCUT2D eigenvalue weighted by Crippen LogP contribution is -2.27. The van der Waals surface area contributed by atoms with Crippen LogP contribution in [0.15, 0.2) is 82.6 Å². The van der Waals surface area contributed by atoms with Gasteiger partial charge < -0.3 is 4.90 Å². The fourth-order valence-electron chi connectivity index (χ4n) is 6.88. The van der Waals surface area contributed by atoms with E-state index in [0.717, 1.165) is 81.5 Å². The quantitative estimate of drug-likeness (QED) is 0.181. The maximum atomic E-state index is 12.0. The molecule has 43 heavy (non-hydrogen) atoms. The summed E-state index contributed by atoms with van der Waals surface area (Å²) in [5, 5.41) is 12.3.